The highest BCUT2D eigenvalue weighted by atomic mass is 32.2. The van der Waals surface area contributed by atoms with Crippen molar-refractivity contribution in [1.82, 2.24) is 4.57 Å². The second kappa shape index (κ2) is 5.25. The minimum atomic E-state index is -3.82. The third kappa shape index (κ3) is 2.92. The van der Waals surface area contributed by atoms with Crippen molar-refractivity contribution in [3.8, 4) is 0 Å². The van der Waals surface area contributed by atoms with Crippen molar-refractivity contribution in [3.05, 3.63) is 51.9 Å². The second-order valence-corrected chi connectivity index (χ2v) is 6.53. The van der Waals surface area contributed by atoms with E-state index in [9.17, 15) is 13.2 Å². The fourth-order valence-corrected chi connectivity index (χ4v) is 3.50. The maximum Gasteiger partial charge on any atom is 0.264 e. The maximum atomic E-state index is 12.5. The molecule has 0 saturated heterocycles. The van der Waals surface area contributed by atoms with Gasteiger partial charge in [0.05, 0.1) is 11.4 Å². The summed E-state index contributed by atoms with van der Waals surface area (Å²) in [5, 5.41) is 0. The van der Waals surface area contributed by atoms with E-state index in [0.29, 0.717) is 16.8 Å². The summed E-state index contributed by atoms with van der Waals surface area (Å²) in [5.74, 6) is 0. The lowest BCUT2D eigenvalue weighted by Gasteiger charge is -2.14. The van der Waals surface area contributed by atoms with Gasteiger partial charge in [-0.15, -0.1) is 0 Å². The van der Waals surface area contributed by atoms with Crippen molar-refractivity contribution in [2.75, 3.05) is 10.5 Å². The van der Waals surface area contributed by atoms with Crippen LogP contribution in [0.4, 0.5) is 11.4 Å². The second-order valence-electron chi connectivity index (χ2n) is 4.91. The summed E-state index contributed by atoms with van der Waals surface area (Å²) < 4.78 is 28.8. The van der Waals surface area contributed by atoms with Crippen LogP contribution in [-0.4, -0.2) is 13.0 Å². The molecule has 0 aliphatic rings. The third-order valence-corrected chi connectivity index (χ3v) is 4.80. The number of aryl methyl sites for hydroxylation is 3. The number of hydrogen-bond acceptors (Lipinski definition) is 4. The first-order valence-corrected chi connectivity index (χ1v) is 7.76. The van der Waals surface area contributed by atoms with Gasteiger partial charge >= 0.3 is 0 Å². The summed E-state index contributed by atoms with van der Waals surface area (Å²) in [6.07, 6.45) is 1.42. The van der Waals surface area contributed by atoms with E-state index in [1.54, 1.807) is 33.0 Å². The van der Waals surface area contributed by atoms with E-state index in [4.69, 9.17) is 5.73 Å². The molecular formula is C14H17N3O3S. The molecule has 1 heterocycles. The summed E-state index contributed by atoms with van der Waals surface area (Å²) in [5.41, 5.74) is 7.48. The molecule has 0 fully saturated rings. The topological polar surface area (TPSA) is 94.2 Å². The summed E-state index contributed by atoms with van der Waals surface area (Å²) in [6.45, 7) is 3.44. The highest BCUT2D eigenvalue weighted by Crippen LogP contribution is 2.27. The van der Waals surface area contributed by atoms with Gasteiger partial charge in [0.15, 0.2) is 0 Å². The van der Waals surface area contributed by atoms with Gasteiger partial charge in [0.25, 0.3) is 10.0 Å². The molecule has 0 amide bonds. The average molecular weight is 307 g/mol. The van der Waals surface area contributed by atoms with Crippen LogP contribution < -0.4 is 16.0 Å². The van der Waals surface area contributed by atoms with Crippen LogP contribution in [0, 0.1) is 13.8 Å². The molecule has 7 heteroatoms. The number of anilines is 2. The van der Waals surface area contributed by atoms with Gasteiger partial charge in [0.1, 0.15) is 4.90 Å². The molecule has 2 rings (SSSR count). The fraction of sp³-hybridized carbons (Fsp3) is 0.214. The Morgan fingerprint density at radius 2 is 1.71 bits per heavy atom. The Morgan fingerprint density at radius 1 is 1.10 bits per heavy atom. The molecule has 0 saturated carbocycles. The number of nitrogen functional groups attached to an aromatic ring is 1. The fourth-order valence-electron chi connectivity index (χ4n) is 2.02. The number of nitrogens with two attached hydrogens (primary N) is 1. The summed E-state index contributed by atoms with van der Waals surface area (Å²) >= 11 is 0. The highest BCUT2D eigenvalue weighted by molar-refractivity contribution is 7.93. The Kier molecular flexibility index (Phi) is 3.78. The summed E-state index contributed by atoms with van der Waals surface area (Å²) in [4.78, 5) is 11.4. The van der Waals surface area contributed by atoms with E-state index in [0.717, 1.165) is 0 Å². The summed E-state index contributed by atoms with van der Waals surface area (Å²) in [7, 11) is -2.27. The average Bonchev–Trinajstić information content (AvgIpc) is 2.38. The molecule has 3 N–H and O–H groups in total. The lowest BCUT2D eigenvalue weighted by atomic mass is 10.1. The molecule has 0 bridgehead atoms. The zero-order valence-corrected chi connectivity index (χ0v) is 12.9. The molecule has 1 aromatic heterocycles. The SMILES string of the molecule is Cc1ccc(C)c(S(=O)(=O)Nc2ccc(=O)n(C)c2)c1N. The molecule has 1 aromatic carbocycles. The Labute approximate surface area is 123 Å². The van der Waals surface area contributed by atoms with E-state index < -0.39 is 10.0 Å². The van der Waals surface area contributed by atoms with Crippen LogP contribution in [0.15, 0.2) is 40.2 Å². The van der Waals surface area contributed by atoms with Crippen LogP contribution in [0.5, 0.6) is 0 Å². The standard InChI is InChI=1S/C14H17N3O3S/c1-9-4-5-10(2)14(13(9)15)21(19,20)16-11-6-7-12(18)17(3)8-11/h4-8,16H,15H2,1-3H3. The Bertz CT molecular complexity index is 854. The van der Waals surface area contributed by atoms with E-state index >= 15 is 0 Å². The number of pyridine rings is 1. The molecule has 0 radical (unpaired) electrons. The first-order valence-electron chi connectivity index (χ1n) is 6.27. The van der Waals surface area contributed by atoms with Gasteiger partial charge in [0.2, 0.25) is 5.56 Å². The van der Waals surface area contributed by atoms with Crippen LogP contribution in [-0.2, 0) is 17.1 Å². The first-order chi connectivity index (χ1) is 9.72. The monoisotopic (exact) mass is 307 g/mol. The van der Waals surface area contributed by atoms with Crippen molar-refractivity contribution in [3.63, 3.8) is 0 Å². The van der Waals surface area contributed by atoms with E-state index in [-0.39, 0.29) is 16.1 Å². The smallest absolute Gasteiger partial charge is 0.264 e. The summed E-state index contributed by atoms with van der Waals surface area (Å²) in [6, 6.07) is 6.20. The Balaban J connectivity index is 2.51. The minimum absolute atomic E-state index is 0.0661. The van der Waals surface area contributed by atoms with Crippen molar-refractivity contribution in [2.45, 2.75) is 18.7 Å². The number of nitrogens with zero attached hydrogens (tertiary/aromatic N) is 1. The molecular weight excluding hydrogens is 290 g/mol. The molecule has 6 nitrogen and oxygen atoms in total. The van der Waals surface area contributed by atoms with Crippen LogP contribution >= 0.6 is 0 Å². The molecule has 0 aliphatic heterocycles. The van der Waals surface area contributed by atoms with E-state index in [1.807, 2.05) is 0 Å². The van der Waals surface area contributed by atoms with Gasteiger partial charge in [-0.25, -0.2) is 8.42 Å². The largest absolute Gasteiger partial charge is 0.397 e. The van der Waals surface area contributed by atoms with Gasteiger partial charge in [-0.3, -0.25) is 9.52 Å². The van der Waals surface area contributed by atoms with Gasteiger partial charge in [-0.05, 0) is 31.0 Å². The molecule has 0 spiro atoms. The van der Waals surface area contributed by atoms with Gasteiger partial charge in [-0.2, -0.15) is 0 Å². The molecule has 21 heavy (non-hydrogen) atoms. The highest BCUT2D eigenvalue weighted by Gasteiger charge is 2.21. The minimum Gasteiger partial charge on any atom is -0.397 e. The number of aromatic nitrogens is 1. The molecule has 0 unspecified atom stereocenters. The van der Waals surface area contributed by atoms with Crippen LogP contribution in [0.1, 0.15) is 11.1 Å². The van der Waals surface area contributed by atoms with Gasteiger partial charge in [-0.1, -0.05) is 12.1 Å². The first kappa shape index (κ1) is 15.1. The maximum absolute atomic E-state index is 12.5. The normalized spacial score (nSPS) is 11.4. The van der Waals surface area contributed by atoms with Gasteiger partial charge in [0, 0.05) is 19.3 Å². The van der Waals surface area contributed by atoms with Crippen molar-refractivity contribution < 1.29 is 8.42 Å². The number of nitrogens with one attached hydrogen (secondary N) is 1. The molecule has 2 aromatic rings. The van der Waals surface area contributed by atoms with Crippen LogP contribution in [0.2, 0.25) is 0 Å². The van der Waals surface area contributed by atoms with Crippen LogP contribution in [0.3, 0.4) is 0 Å². The van der Waals surface area contributed by atoms with E-state index in [2.05, 4.69) is 4.72 Å². The molecule has 112 valence electrons. The predicted molar refractivity (Wildman–Crippen MR) is 82.8 cm³/mol. The number of hydrogen-bond donors (Lipinski definition) is 2. The van der Waals surface area contributed by atoms with Crippen molar-refractivity contribution in [2.24, 2.45) is 7.05 Å². The lowest BCUT2D eigenvalue weighted by Crippen LogP contribution is -2.20. The number of benzene rings is 1. The number of rotatable bonds is 3. The Morgan fingerprint density at radius 3 is 2.33 bits per heavy atom. The van der Waals surface area contributed by atoms with Crippen molar-refractivity contribution in [1.29, 1.82) is 0 Å². The predicted octanol–water partition coefficient (Wildman–Crippen LogP) is 1.39. The third-order valence-electron chi connectivity index (χ3n) is 3.22. The molecule has 0 aliphatic carbocycles. The zero-order valence-electron chi connectivity index (χ0n) is 12.0. The zero-order chi connectivity index (χ0) is 15.8. The van der Waals surface area contributed by atoms with E-state index in [1.165, 1.54) is 22.9 Å². The Hall–Kier alpha value is -2.28. The van der Waals surface area contributed by atoms with Gasteiger partial charge < -0.3 is 10.3 Å². The van der Waals surface area contributed by atoms with Crippen LogP contribution in [0.25, 0.3) is 0 Å². The quantitative estimate of drug-likeness (QED) is 0.838. The number of sulfonamides is 1. The molecule has 0 atom stereocenters. The van der Waals surface area contributed by atoms with Crippen molar-refractivity contribution >= 4 is 21.4 Å². The lowest BCUT2D eigenvalue weighted by molar-refractivity contribution is 0.601.